The number of esters is 1. The molecule has 11 nitrogen and oxygen atoms in total. The maximum Gasteiger partial charge on any atom is 0.346 e. The Morgan fingerprint density at radius 2 is 1.46 bits per heavy atom. The molecule has 0 saturated heterocycles. The van der Waals surface area contributed by atoms with E-state index < -0.39 is 28.0 Å². The number of rotatable bonds is 11. The summed E-state index contributed by atoms with van der Waals surface area (Å²) in [5, 5.41) is 3.79. The van der Waals surface area contributed by atoms with Crippen LogP contribution in [0.3, 0.4) is 0 Å². The number of halogens is 2. The molecular weight excluding hydrogens is 683 g/mol. The van der Waals surface area contributed by atoms with Crippen molar-refractivity contribution in [3.8, 4) is 23.0 Å². The minimum Gasteiger partial charge on any atom is -0.496 e. The van der Waals surface area contributed by atoms with Crippen LogP contribution in [0.25, 0.3) is 0 Å². The molecule has 252 valence electrons. The van der Waals surface area contributed by atoms with E-state index in [2.05, 4.69) is 10.1 Å². The van der Waals surface area contributed by atoms with Crippen molar-refractivity contribution in [3.63, 3.8) is 0 Å². The first kappa shape index (κ1) is 36.1. The molecule has 1 unspecified atom stereocenters. The van der Waals surface area contributed by atoms with Crippen LogP contribution in [0.5, 0.6) is 23.0 Å². The molecular formula is C34H32Cl2N2O9S. The molecule has 1 aliphatic rings. The number of carbonyl (C=O) groups is 3. The molecule has 0 bridgehead atoms. The molecule has 48 heavy (non-hydrogen) atoms. The fourth-order valence-corrected chi connectivity index (χ4v) is 5.45. The van der Waals surface area contributed by atoms with Gasteiger partial charge in [-0.25, -0.2) is 17.9 Å². The molecule has 0 heterocycles. The number of hydrogen-bond acceptors (Lipinski definition) is 9. The molecule has 0 radical (unpaired) electrons. The van der Waals surface area contributed by atoms with Crippen molar-refractivity contribution in [2.45, 2.75) is 36.8 Å². The van der Waals surface area contributed by atoms with E-state index in [-0.39, 0.29) is 28.2 Å². The third-order valence-corrected chi connectivity index (χ3v) is 8.59. The Morgan fingerprint density at radius 3 is 2.06 bits per heavy atom. The third kappa shape index (κ3) is 10.1. The van der Waals surface area contributed by atoms with Gasteiger partial charge in [-0.05, 0) is 98.6 Å². The van der Waals surface area contributed by atoms with E-state index in [1.807, 2.05) is 4.72 Å². The molecule has 2 amide bonds. The first-order valence-corrected chi connectivity index (χ1v) is 16.7. The number of benzene rings is 4. The van der Waals surface area contributed by atoms with Crippen LogP contribution in [0.1, 0.15) is 40.5 Å². The zero-order valence-electron chi connectivity index (χ0n) is 26.1. The Hall–Kier alpha value is -4.78. The second-order valence-corrected chi connectivity index (χ2v) is 12.9. The van der Waals surface area contributed by atoms with Gasteiger partial charge in [0.1, 0.15) is 23.0 Å². The molecule has 1 fully saturated rings. The lowest BCUT2D eigenvalue weighted by Gasteiger charge is -2.13. The molecule has 1 aliphatic carbocycles. The predicted molar refractivity (Wildman–Crippen MR) is 180 cm³/mol. The lowest BCUT2D eigenvalue weighted by atomic mass is 10.2. The Kier molecular flexibility index (Phi) is 12.3. The molecule has 1 saturated carbocycles. The fraction of sp³-hybridized carbons (Fsp3) is 0.206. The molecule has 4 aromatic rings. The van der Waals surface area contributed by atoms with Gasteiger partial charge in [-0.15, -0.1) is 0 Å². The number of carbonyl (C=O) groups excluding carboxylic acids is 3. The quantitative estimate of drug-likeness (QED) is 0.168. The van der Waals surface area contributed by atoms with Gasteiger partial charge >= 0.3 is 5.97 Å². The van der Waals surface area contributed by atoms with Gasteiger partial charge in [0.15, 0.2) is 6.10 Å². The minimum absolute atomic E-state index is 0.108. The molecule has 4 aromatic carbocycles. The van der Waals surface area contributed by atoms with Crippen molar-refractivity contribution >= 4 is 51.0 Å². The van der Waals surface area contributed by atoms with Crippen LogP contribution in [-0.4, -0.2) is 52.6 Å². The number of nitrogens with one attached hydrogen (secondary N) is 2. The van der Waals surface area contributed by atoms with Gasteiger partial charge < -0.3 is 24.3 Å². The predicted octanol–water partition coefficient (Wildman–Crippen LogP) is 6.43. The summed E-state index contributed by atoms with van der Waals surface area (Å²) in [6, 6.07) is 23.7. The van der Waals surface area contributed by atoms with Crippen molar-refractivity contribution in [2.24, 2.45) is 0 Å². The van der Waals surface area contributed by atoms with E-state index in [0.717, 1.165) is 12.8 Å². The van der Waals surface area contributed by atoms with Gasteiger partial charge in [0.2, 0.25) is 0 Å². The largest absolute Gasteiger partial charge is 0.496 e. The lowest BCUT2D eigenvalue weighted by molar-refractivity contribution is -0.147. The maximum atomic E-state index is 12.4. The average molecular weight is 716 g/mol. The highest BCUT2D eigenvalue weighted by molar-refractivity contribution is 7.90. The number of ether oxygens (including phenoxy) is 4. The highest BCUT2D eigenvalue weighted by atomic mass is 35.5. The van der Waals surface area contributed by atoms with Crippen molar-refractivity contribution in [1.82, 2.24) is 10.0 Å². The molecule has 2 N–H and O–H groups in total. The van der Waals surface area contributed by atoms with Crippen LogP contribution in [0.15, 0.2) is 95.9 Å². The standard InChI is InChI=1S/C18H18N2O5S.C16H14Cl2O4/c1-25-16-5-3-2-4-15(16)18(22)20-26(23,24)14-10-6-12(7-11-14)17(21)19-13-8-9-13;1-10(16(19)20-2)21-12-4-6-13(7-5-12)22-15-8-3-11(17)9-14(15)18/h2-7,10-11,13H,8-9H2,1H3,(H,19,21)(H,20,22);3-10H,1-2H3. The first-order chi connectivity index (χ1) is 22.9. The summed E-state index contributed by atoms with van der Waals surface area (Å²) in [5.41, 5.74) is 0.478. The van der Waals surface area contributed by atoms with Crippen LogP contribution in [-0.2, 0) is 19.6 Å². The van der Waals surface area contributed by atoms with E-state index in [9.17, 15) is 22.8 Å². The van der Waals surface area contributed by atoms with Gasteiger partial charge in [0.25, 0.3) is 21.8 Å². The van der Waals surface area contributed by atoms with Gasteiger partial charge in [-0.3, -0.25) is 9.59 Å². The van der Waals surface area contributed by atoms with E-state index in [4.69, 9.17) is 37.4 Å². The Balaban J connectivity index is 0.000000220. The van der Waals surface area contributed by atoms with E-state index >= 15 is 0 Å². The average Bonchev–Trinajstić information content (AvgIpc) is 3.90. The van der Waals surface area contributed by atoms with Crippen molar-refractivity contribution in [3.05, 3.63) is 112 Å². The third-order valence-electron chi connectivity index (χ3n) is 6.71. The van der Waals surface area contributed by atoms with Crippen LogP contribution in [0.4, 0.5) is 0 Å². The molecule has 0 aliphatic heterocycles. The van der Waals surface area contributed by atoms with Gasteiger partial charge in [0, 0.05) is 16.6 Å². The zero-order chi connectivity index (χ0) is 34.8. The zero-order valence-corrected chi connectivity index (χ0v) is 28.4. The number of para-hydroxylation sites is 1. The van der Waals surface area contributed by atoms with Crippen molar-refractivity contribution in [2.75, 3.05) is 14.2 Å². The summed E-state index contributed by atoms with van der Waals surface area (Å²) in [4.78, 5) is 35.4. The van der Waals surface area contributed by atoms with Gasteiger partial charge in [-0.1, -0.05) is 35.3 Å². The summed E-state index contributed by atoms with van der Waals surface area (Å²) < 4.78 is 47.6. The second kappa shape index (κ2) is 16.4. The van der Waals surface area contributed by atoms with E-state index in [1.54, 1.807) is 67.6 Å². The van der Waals surface area contributed by atoms with Crippen LogP contribution >= 0.6 is 23.2 Å². The van der Waals surface area contributed by atoms with Crippen LogP contribution in [0.2, 0.25) is 10.0 Å². The molecule has 14 heteroatoms. The number of methoxy groups -OCH3 is 2. The number of hydrogen-bond donors (Lipinski definition) is 2. The van der Waals surface area contributed by atoms with E-state index in [0.29, 0.717) is 32.9 Å². The summed E-state index contributed by atoms with van der Waals surface area (Å²) >= 11 is 11.9. The first-order valence-electron chi connectivity index (χ1n) is 14.5. The highest BCUT2D eigenvalue weighted by Gasteiger charge is 2.25. The summed E-state index contributed by atoms with van der Waals surface area (Å²) in [7, 11) is -1.36. The summed E-state index contributed by atoms with van der Waals surface area (Å²) in [6.07, 6.45) is 1.25. The normalized spacial score (nSPS) is 12.8. The monoisotopic (exact) mass is 714 g/mol. The Bertz CT molecular complexity index is 1860. The lowest BCUT2D eigenvalue weighted by Crippen LogP contribution is -2.31. The van der Waals surface area contributed by atoms with Crippen LogP contribution in [0, 0.1) is 0 Å². The van der Waals surface area contributed by atoms with Crippen molar-refractivity contribution < 1.29 is 41.7 Å². The Morgan fingerprint density at radius 1 is 0.812 bits per heavy atom. The molecule has 0 aromatic heterocycles. The second-order valence-electron chi connectivity index (χ2n) is 10.3. The molecule has 0 spiro atoms. The smallest absolute Gasteiger partial charge is 0.346 e. The molecule has 1 atom stereocenters. The number of sulfonamides is 1. The SMILES string of the molecule is COC(=O)C(C)Oc1ccc(Oc2ccc(Cl)cc2Cl)cc1.COc1ccccc1C(=O)NS(=O)(=O)c1ccc(C(=O)NC2CC2)cc1. The minimum atomic E-state index is -4.07. The topological polar surface area (TPSA) is 146 Å². The van der Waals surface area contributed by atoms with Gasteiger partial charge in [0.05, 0.1) is 29.7 Å². The summed E-state index contributed by atoms with van der Waals surface area (Å²) in [5.74, 6) is 0.422. The summed E-state index contributed by atoms with van der Waals surface area (Å²) in [6.45, 7) is 1.61. The van der Waals surface area contributed by atoms with E-state index in [1.165, 1.54) is 44.6 Å². The highest BCUT2D eigenvalue weighted by Crippen LogP contribution is 2.32. The number of amides is 2. The van der Waals surface area contributed by atoms with Crippen molar-refractivity contribution in [1.29, 1.82) is 0 Å². The van der Waals surface area contributed by atoms with Crippen LogP contribution < -0.4 is 24.2 Å². The Labute approximate surface area is 288 Å². The maximum absolute atomic E-state index is 12.4. The van der Waals surface area contributed by atoms with Gasteiger partial charge in [-0.2, -0.15) is 0 Å². The molecule has 5 rings (SSSR count). The fourth-order valence-electron chi connectivity index (χ4n) is 4.04.